The molecular weight excluding hydrogens is 444 g/mol. The number of methoxy groups -OCH3 is 2. The van der Waals surface area contributed by atoms with Crippen LogP contribution in [0.2, 0.25) is 0 Å². The van der Waals surface area contributed by atoms with Gasteiger partial charge in [0, 0.05) is 0 Å². The standard InChI is InChI=1S/C29H36O6/c1-5-7-9-20-15-26(32)28(34-3)17-22(20)11-13-24(30)19-25(31)14-12-23-18-29(35-4)27(33)16-21(23)10-8-6-2/h11-18,32-33H,5-10,19H2,1-4H3/b13-11+,14-12+. The Morgan fingerprint density at radius 3 is 1.49 bits per heavy atom. The van der Waals surface area contributed by atoms with E-state index in [0.717, 1.165) is 60.8 Å². The predicted molar refractivity (Wildman–Crippen MR) is 139 cm³/mol. The Morgan fingerprint density at radius 1 is 0.743 bits per heavy atom. The molecule has 0 amide bonds. The number of benzene rings is 2. The zero-order valence-corrected chi connectivity index (χ0v) is 21.1. The summed E-state index contributed by atoms with van der Waals surface area (Å²) in [5.74, 6) is 0.155. The minimum absolute atomic E-state index is 0.0616. The summed E-state index contributed by atoms with van der Waals surface area (Å²) >= 11 is 0. The van der Waals surface area contributed by atoms with Crippen LogP contribution in [0.5, 0.6) is 23.0 Å². The third-order valence-corrected chi connectivity index (χ3v) is 5.73. The van der Waals surface area contributed by atoms with Crippen LogP contribution in [0.15, 0.2) is 36.4 Å². The van der Waals surface area contributed by atoms with Crippen LogP contribution < -0.4 is 9.47 Å². The summed E-state index contributed by atoms with van der Waals surface area (Å²) in [7, 11) is 2.95. The highest BCUT2D eigenvalue weighted by molar-refractivity contribution is 6.11. The summed E-state index contributed by atoms with van der Waals surface area (Å²) in [6.07, 6.45) is 11.3. The van der Waals surface area contributed by atoms with Crippen molar-refractivity contribution in [3.05, 3.63) is 58.7 Å². The molecule has 0 fully saturated rings. The second-order valence-corrected chi connectivity index (χ2v) is 8.43. The molecule has 6 nitrogen and oxygen atoms in total. The molecule has 0 unspecified atom stereocenters. The van der Waals surface area contributed by atoms with Crippen molar-refractivity contribution < 1.29 is 29.3 Å². The molecule has 0 aliphatic carbocycles. The van der Waals surface area contributed by atoms with Crippen molar-refractivity contribution in [1.82, 2.24) is 0 Å². The van der Waals surface area contributed by atoms with E-state index < -0.39 is 0 Å². The first-order chi connectivity index (χ1) is 16.8. The minimum atomic E-state index is -0.317. The van der Waals surface area contributed by atoms with E-state index in [1.807, 2.05) is 0 Å². The highest BCUT2D eigenvalue weighted by Gasteiger charge is 2.11. The van der Waals surface area contributed by atoms with Gasteiger partial charge in [0.05, 0.1) is 20.6 Å². The molecule has 2 aromatic rings. The van der Waals surface area contributed by atoms with Gasteiger partial charge in [-0.3, -0.25) is 9.59 Å². The van der Waals surface area contributed by atoms with Crippen LogP contribution in [0, 0.1) is 0 Å². The highest BCUT2D eigenvalue weighted by atomic mass is 16.5. The summed E-state index contributed by atoms with van der Waals surface area (Å²) in [6, 6.07) is 6.72. The first kappa shape index (κ1) is 27.7. The van der Waals surface area contributed by atoms with E-state index in [0.29, 0.717) is 11.5 Å². The van der Waals surface area contributed by atoms with Gasteiger partial charge in [0.1, 0.15) is 0 Å². The van der Waals surface area contributed by atoms with Gasteiger partial charge in [0.2, 0.25) is 0 Å². The number of aromatic hydroxyl groups is 2. The smallest absolute Gasteiger partial charge is 0.163 e. The number of ether oxygens (including phenoxy) is 2. The molecular formula is C29H36O6. The molecule has 0 saturated carbocycles. The number of hydrogen-bond donors (Lipinski definition) is 2. The van der Waals surface area contributed by atoms with Crippen molar-refractivity contribution in [2.45, 2.75) is 58.8 Å². The van der Waals surface area contributed by atoms with Crippen LogP contribution in [-0.2, 0) is 22.4 Å². The maximum Gasteiger partial charge on any atom is 0.163 e. The Bertz CT molecular complexity index is 996. The van der Waals surface area contributed by atoms with Crippen molar-refractivity contribution in [2.24, 2.45) is 0 Å². The van der Waals surface area contributed by atoms with Crippen LogP contribution in [0.1, 0.15) is 68.2 Å². The van der Waals surface area contributed by atoms with Gasteiger partial charge in [-0.1, -0.05) is 38.8 Å². The molecule has 0 saturated heterocycles. The molecule has 2 aromatic carbocycles. The fourth-order valence-corrected chi connectivity index (χ4v) is 3.71. The third kappa shape index (κ3) is 8.32. The maximum atomic E-state index is 12.5. The van der Waals surface area contributed by atoms with Gasteiger partial charge in [-0.2, -0.15) is 0 Å². The van der Waals surface area contributed by atoms with Gasteiger partial charge >= 0.3 is 0 Å². The Hall–Kier alpha value is -3.54. The number of hydrogen-bond acceptors (Lipinski definition) is 6. The summed E-state index contributed by atoms with van der Waals surface area (Å²) in [5, 5.41) is 20.2. The summed E-state index contributed by atoms with van der Waals surface area (Å²) in [6.45, 7) is 4.17. The molecule has 0 aliphatic heterocycles. The number of unbranched alkanes of at least 4 members (excludes halogenated alkanes) is 2. The molecule has 0 bridgehead atoms. The zero-order chi connectivity index (χ0) is 25.8. The van der Waals surface area contributed by atoms with Gasteiger partial charge < -0.3 is 19.7 Å². The Balaban J connectivity index is 2.14. The van der Waals surface area contributed by atoms with Gasteiger partial charge in [-0.15, -0.1) is 0 Å². The first-order valence-corrected chi connectivity index (χ1v) is 12.0. The van der Waals surface area contributed by atoms with E-state index in [4.69, 9.17) is 9.47 Å². The molecule has 0 spiro atoms. The van der Waals surface area contributed by atoms with Gasteiger partial charge in [-0.25, -0.2) is 0 Å². The lowest BCUT2D eigenvalue weighted by Gasteiger charge is -2.10. The average molecular weight is 481 g/mol. The number of phenolic OH excluding ortho intramolecular Hbond substituents is 2. The van der Waals surface area contributed by atoms with E-state index in [1.165, 1.54) is 26.4 Å². The topological polar surface area (TPSA) is 93.1 Å². The van der Waals surface area contributed by atoms with Gasteiger partial charge in [0.15, 0.2) is 34.6 Å². The number of phenols is 2. The molecule has 0 aromatic heterocycles. The van der Waals surface area contributed by atoms with E-state index in [-0.39, 0.29) is 29.5 Å². The van der Waals surface area contributed by atoms with Crippen LogP contribution in [0.25, 0.3) is 12.2 Å². The number of carbonyl (C=O) groups excluding carboxylic acids is 2. The molecule has 2 rings (SSSR count). The average Bonchev–Trinajstić information content (AvgIpc) is 2.84. The fraction of sp³-hybridized carbons (Fsp3) is 0.379. The lowest BCUT2D eigenvalue weighted by atomic mass is 9.99. The normalized spacial score (nSPS) is 11.3. The van der Waals surface area contributed by atoms with Crippen LogP contribution in [0.4, 0.5) is 0 Å². The van der Waals surface area contributed by atoms with Crippen LogP contribution in [0.3, 0.4) is 0 Å². The Morgan fingerprint density at radius 2 is 1.14 bits per heavy atom. The number of carbonyl (C=O) groups is 2. The van der Waals surface area contributed by atoms with Crippen LogP contribution in [-0.4, -0.2) is 36.0 Å². The number of rotatable bonds is 14. The summed E-state index contributed by atoms with van der Waals surface area (Å²) in [5.41, 5.74) is 3.39. The van der Waals surface area contributed by atoms with Crippen LogP contribution >= 0.6 is 0 Å². The first-order valence-electron chi connectivity index (χ1n) is 12.0. The molecule has 2 N–H and O–H groups in total. The van der Waals surface area contributed by atoms with Gasteiger partial charge in [0.25, 0.3) is 0 Å². The minimum Gasteiger partial charge on any atom is -0.504 e. The second kappa shape index (κ2) is 14.0. The largest absolute Gasteiger partial charge is 0.504 e. The molecule has 0 radical (unpaired) electrons. The molecule has 188 valence electrons. The number of allylic oxidation sites excluding steroid dienone is 2. The van der Waals surface area contributed by atoms with Crippen molar-refractivity contribution in [1.29, 1.82) is 0 Å². The zero-order valence-electron chi connectivity index (χ0n) is 21.1. The van der Waals surface area contributed by atoms with Gasteiger partial charge in [-0.05, 0) is 84.4 Å². The van der Waals surface area contributed by atoms with Crippen molar-refractivity contribution >= 4 is 23.7 Å². The Labute approximate surface area is 207 Å². The van der Waals surface area contributed by atoms with E-state index in [1.54, 1.807) is 36.4 Å². The number of aryl methyl sites for hydroxylation is 2. The third-order valence-electron chi connectivity index (χ3n) is 5.73. The lowest BCUT2D eigenvalue weighted by Crippen LogP contribution is -2.02. The summed E-state index contributed by atoms with van der Waals surface area (Å²) in [4.78, 5) is 24.9. The van der Waals surface area contributed by atoms with E-state index in [9.17, 15) is 19.8 Å². The second-order valence-electron chi connectivity index (χ2n) is 8.43. The predicted octanol–water partition coefficient (Wildman–Crippen LogP) is 6.06. The molecule has 35 heavy (non-hydrogen) atoms. The summed E-state index contributed by atoms with van der Waals surface area (Å²) < 4.78 is 10.4. The molecule has 6 heteroatoms. The van der Waals surface area contributed by atoms with Crippen molar-refractivity contribution in [3.63, 3.8) is 0 Å². The molecule has 0 heterocycles. The maximum absolute atomic E-state index is 12.5. The molecule has 0 atom stereocenters. The van der Waals surface area contributed by atoms with Crippen molar-refractivity contribution in [3.8, 4) is 23.0 Å². The highest BCUT2D eigenvalue weighted by Crippen LogP contribution is 2.32. The van der Waals surface area contributed by atoms with Crippen molar-refractivity contribution in [2.75, 3.05) is 14.2 Å². The number of ketones is 2. The molecule has 0 aliphatic rings. The van der Waals surface area contributed by atoms with E-state index >= 15 is 0 Å². The lowest BCUT2D eigenvalue weighted by molar-refractivity contribution is -0.121. The van der Waals surface area contributed by atoms with E-state index in [2.05, 4.69) is 13.8 Å². The monoisotopic (exact) mass is 480 g/mol. The SMILES string of the molecule is CCCCc1cc(O)c(OC)cc1/C=C/C(=O)CC(=O)/C=C/c1cc(OC)c(O)cc1CCCC. The Kier molecular flexibility index (Phi) is 11.1. The quantitative estimate of drug-likeness (QED) is 0.252. The fourth-order valence-electron chi connectivity index (χ4n) is 3.71.